The Morgan fingerprint density at radius 2 is 1.79 bits per heavy atom. The Hall–Kier alpha value is -2.95. The van der Waals surface area contributed by atoms with Gasteiger partial charge in [-0.05, 0) is 66.0 Å². The van der Waals surface area contributed by atoms with Gasteiger partial charge in [0.05, 0.1) is 6.42 Å². The summed E-state index contributed by atoms with van der Waals surface area (Å²) in [7, 11) is 0. The molecule has 0 atom stereocenters. The van der Waals surface area contributed by atoms with Gasteiger partial charge in [0.2, 0.25) is 5.89 Å². The van der Waals surface area contributed by atoms with E-state index in [0.717, 1.165) is 18.4 Å². The Bertz CT molecular complexity index is 974. The maximum absolute atomic E-state index is 12.5. The van der Waals surface area contributed by atoms with E-state index in [1.165, 1.54) is 29.5 Å². The molecule has 0 spiro atoms. The Balaban J connectivity index is 1.41. The van der Waals surface area contributed by atoms with Gasteiger partial charge >= 0.3 is 6.01 Å². The third kappa shape index (κ3) is 4.14. The molecule has 0 fully saturated rings. The first-order valence-electron chi connectivity index (χ1n) is 9.93. The second-order valence-corrected chi connectivity index (χ2v) is 7.72. The van der Waals surface area contributed by atoms with Gasteiger partial charge in [0.15, 0.2) is 0 Å². The summed E-state index contributed by atoms with van der Waals surface area (Å²) in [6.45, 7) is 4.34. The molecular formula is C23H25N3O2. The number of hydrogen-bond acceptors (Lipinski definition) is 4. The smallest absolute Gasteiger partial charge is 0.322 e. The SMILES string of the molecule is CC(C)c1ccc(Cc2nnc(NC(=O)c3ccc4c(c3)CCCC4)o2)cc1. The number of hydrogen-bond donors (Lipinski definition) is 1. The average Bonchev–Trinajstić information content (AvgIpc) is 3.14. The lowest BCUT2D eigenvalue weighted by molar-refractivity contribution is 0.102. The minimum absolute atomic E-state index is 0.136. The Morgan fingerprint density at radius 3 is 2.54 bits per heavy atom. The number of nitrogens with one attached hydrogen (secondary N) is 1. The normalized spacial score (nSPS) is 13.4. The lowest BCUT2D eigenvalue weighted by atomic mass is 9.90. The molecule has 0 unspecified atom stereocenters. The number of aromatic nitrogens is 2. The largest absolute Gasteiger partial charge is 0.407 e. The van der Waals surface area contributed by atoms with Crippen molar-refractivity contribution in [1.29, 1.82) is 0 Å². The highest BCUT2D eigenvalue weighted by molar-refractivity contribution is 6.03. The summed E-state index contributed by atoms with van der Waals surface area (Å²) in [6, 6.07) is 14.4. The fraction of sp³-hybridized carbons (Fsp3) is 0.348. The highest BCUT2D eigenvalue weighted by Gasteiger charge is 2.15. The molecule has 0 radical (unpaired) electrons. The molecule has 5 heteroatoms. The minimum atomic E-state index is -0.218. The standard InChI is InChI=1S/C23H25N3O2/c1-15(2)17-9-7-16(8-10-17)13-21-25-26-23(28-21)24-22(27)20-12-11-18-5-3-4-6-19(18)14-20/h7-12,14-15H,3-6,13H2,1-2H3,(H,24,26,27). The molecule has 28 heavy (non-hydrogen) atoms. The molecule has 0 saturated heterocycles. The Labute approximate surface area is 165 Å². The van der Waals surface area contributed by atoms with Crippen molar-refractivity contribution in [2.24, 2.45) is 0 Å². The van der Waals surface area contributed by atoms with E-state index in [1.54, 1.807) is 0 Å². The number of aryl methyl sites for hydroxylation is 2. The lowest BCUT2D eigenvalue weighted by Crippen LogP contribution is -2.13. The van der Waals surface area contributed by atoms with Gasteiger partial charge in [-0.15, -0.1) is 5.10 Å². The molecule has 1 aromatic heterocycles. The quantitative estimate of drug-likeness (QED) is 0.688. The molecule has 0 aliphatic heterocycles. The summed E-state index contributed by atoms with van der Waals surface area (Å²) in [6.07, 6.45) is 5.09. The fourth-order valence-corrected chi connectivity index (χ4v) is 3.61. The second kappa shape index (κ2) is 7.97. The van der Waals surface area contributed by atoms with Gasteiger partial charge in [-0.3, -0.25) is 10.1 Å². The van der Waals surface area contributed by atoms with Crippen molar-refractivity contribution in [3.63, 3.8) is 0 Å². The number of carbonyl (C=O) groups is 1. The predicted molar refractivity (Wildman–Crippen MR) is 109 cm³/mol. The predicted octanol–water partition coefficient (Wildman–Crippen LogP) is 4.91. The van der Waals surface area contributed by atoms with Crippen LogP contribution < -0.4 is 5.32 Å². The summed E-state index contributed by atoms with van der Waals surface area (Å²) in [4.78, 5) is 12.5. The lowest BCUT2D eigenvalue weighted by Gasteiger charge is -2.16. The maximum atomic E-state index is 12.5. The molecule has 0 saturated carbocycles. The van der Waals surface area contributed by atoms with Crippen molar-refractivity contribution in [2.75, 3.05) is 5.32 Å². The van der Waals surface area contributed by atoms with Crippen LogP contribution in [0.3, 0.4) is 0 Å². The van der Waals surface area contributed by atoms with Crippen molar-refractivity contribution in [2.45, 2.75) is 51.9 Å². The van der Waals surface area contributed by atoms with Gasteiger partial charge in [0, 0.05) is 5.56 Å². The third-order valence-electron chi connectivity index (χ3n) is 5.30. The molecule has 2 aromatic carbocycles. The molecule has 1 heterocycles. The Morgan fingerprint density at radius 1 is 1.04 bits per heavy atom. The van der Waals surface area contributed by atoms with E-state index in [9.17, 15) is 4.79 Å². The van der Waals surface area contributed by atoms with Crippen LogP contribution in [0.2, 0.25) is 0 Å². The molecule has 4 rings (SSSR count). The summed E-state index contributed by atoms with van der Waals surface area (Å²) < 4.78 is 5.62. The van der Waals surface area contributed by atoms with Crippen LogP contribution in [0.15, 0.2) is 46.9 Å². The zero-order chi connectivity index (χ0) is 19.5. The molecule has 1 N–H and O–H groups in total. The number of rotatable bonds is 5. The monoisotopic (exact) mass is 375 g/mol. The highest BCUT2D eigenvalue weighted by atomic mass is 16.4. The summed E-state index contributed by atoms with van der Waals surface area (Å²) >= 11 is 0. The van der Waals surface area contributed by atoms with Crippen LogP contribution in [0.4, 0.5) is 6.01 Å². The van der Waals surface area contributed by atoms with E-state index in [4.69, 9.17) is 4.42 Å². The second-order valence-electron chi connectivity index (χ2n) is 7.72. The summed E-state index contributed by atoms with van der Waals surface area (Å²) in [5.74, 6) is 0.769. The number of anilines is 1. The van der Waals surface area contributed by atoms with Crippen LogP contribution in [0.1, 0.15) is 71.1 Å². The molecular weight excluding hydrogens is 350 g/mol. The highest BCUT2D eigenvalue weighted by Crippen LogP contribution is 2.23. The molecule has 1 aliphatic carbocycles. The van der Waals surface area contributed by atoms with Gasteiger partial charge in [-0.1, -0.05) is 49.3 Å². The first-order valence-corrected chi connectivity index (χ1v) is 9.93. The van der Waals surface area contributed by atoms with Gasteiger partial charge in [-0.25, -0.2) is 0 Å². The van der Waals surface area contributed by atoms with E-state index in [-0.39, 0.29) is 11.9 Å². The van der Waals surface area contributed by atoms with Gasteiger partial charge < -0.3 is 4.42 Å². The molecule has 0 bridgehead atoms. The fourth-order valence-electron chi connectivity index (χ4n) is 3.61. The topological polar surface area (TPSA) is 68.0 Å². The zero-order valence-electron chi connectivity index (χ0n) is 16.4. The van der Waals surface area contributed by atoms with Crippen molar-refractivity contribution >= 4 is 11.9 Å². The average molecular weight is 375 g/mol. The number of amides is 1. The summed E-state index contributed by atoms with van der Waals surface area (Å²) in [5, 5.41) is 10.7. The van der Waals surface area contributed by atoms with Crippen LogP contribution in [-0.4, -0.2) is 16.1 Å². The van der Waals surface area contributed by atoms with E-state index >= 15 is 0 Å². The molecule has 1 amide bonds. The van der Waals surface area contributed by atoms with Crippen LogP contribution >= 0.6 is 0 Å². The van der Waals surface area contributed by atoms with Crippen LogP contribution in [0, 0.1) is 0 Å². The van der Waals surface area contributed by atoms with Gasteiger partial charge in [0.1, 0.15) is 0 Å². The first-order chi connectivity index (χ1) is 13.6. The van der Waals surface area contributed by atoms with E-state index < -0.39 is 0 Å². The minimum Gasteiger partial charge on any atom is -0.407 e. The Kier molecular flexibility index (Phi) is 5.24. The number of carbonyl (C=O) groups excluding carboxylic acids is 1. The van der Waals surface area contributed by atoms with Crippen molar-refractivity contribution in [3.05, 3.63) is 76.2 Å². The molecule has 3 aromatic rings. The van der Waals surface area contributed by atoms with Gasteiger partial charge in [0.25, 0.3) is 5.91 Å². The number of fused-ring (bicyclic) bond motifs is 1. The van der Waals surface area contributed by atoms with Crippen LogP contribution in [0.5, 0.6) is 0 Å². The molecule has 144 valence electrons. The van der Waals surface area contributed by atoms with Crippen LogP contribution in [-0.2, 0) is 19.3 Å². The first kappa shape index (κ1) is 18.4. The van der Waals surface area contributed by atoms with Gasteiger partial charge in [-0.2, -0.15) is 0 Å². The number of benzene rings is 2. The van der Waals surface area contributed by atoms with E-state index in [2.05, 4.69) is 59.7 Å². The van der Waals surface area contributed by atoms with E-state index in [0.29, 0.717) is 23.8 Å². The van der Waals surface area contributed by atoms with Crippen molar-refractivity contribution < 1.29 is 9.21 Å². The van der Waals surface area contributed by atoms with Crippen LogP contribution in [0.25, 0.3) is 0 Å². The van der Waals surface area contributed by atoms with Crippen molar-refractivity contribution in [1.82, 2.24) is 10.2 Å². The van der Waals surface area contributed by atoms with E-state index in [1.807, 2.05) is 12.1 Å². The molecule has 5 nitrogen and oxygen atoms in total. The maximum Gasteiger partial charge on any atom is 0.322 e. The molecule has 1 aliphatic rings. The third-order valence-corrected chi connectivity index (χ3v) is 5.30. The zero-order valence-corrected chi connectivity index (χ0v) is 16.4. The van der Waals surface area contributed by atoms with Crippen molar-refractivity contribution in [3.8, 4) is 0 Å². The summed E-state index contributed by atoms with van der Waals surface area (Å²) in [5.41, 5.74) is 5.65. The number of nitrogens with zero attached hydrogens (tertiary/aromatic N) is 2.